The van der Waals surface area contributed by atoms with E-state index in [2.05, 4.69) is 5.32 Å². The predicted molar refractivity (Wildman–Crippen MR) is 71.6 cm³/mol. The fourth-order valence-electron chi connectivity index (χ4n) is 2.98. The molecule has 1 aromatic carbocycles. The molecule has 0 saturated heterocycles. The van der Waals surface area contributed by atoms with E-state index in [1.807, 2.05) is 13.1 Å². The highest BCUT2D eigenvalue weighted by Gasteiger charge is 2.46. The highest BCUT2D eigenvalue weighted by molar-refractivity contribution is 5.78. The third-order valence-electron chi connectivity index (χ3n) is 4.20. The Balaban J connectivity index is 2.01. The monoisotopic (exact) mass is 263 g/mol. The van der Waals surface area contributed by atoms with E-state index in [1.165, 1.54) is 18.6 Å². The van der Waals surface area contributed by atoms with Gasteiger partial charge in [0.1, 0.15) is 17.2 Å². The zero-order chi connectivity index (χ0) is 13.5. The summed E-state index contributed by atoms with van der Waals surface area (Å²) in [4.78, 5) is 0. The molecule has 1 aliphatic carbocycles. The summed E-state index contributed by atoms with van der Waals surface area (Å²) in [6.45, 7) is 0. The van der Waals surface area contributed by atoms with Gasteiger partial charge in [-0.15, -0.1) is 0 Å². The fourth-order valence-corrected chi connectivity index (χ4v) is 2.98. The second kappa shape index (κ2) is 4.62. The van der Waals surface area contributed by atoms with Crippen molar-refractivity contribution >= 4 is 11.0 Å². The van der Waals surface area contributed by atoms with Gasteiger partial charge in [-0.05, 0) is 50.6 Å². The van der Waals surface area contributed by atoms with Crippen molar-refractivity contribution in [2.45, 2.75) is 30.9 Å². The van der Waals surface area contributed by atoms with Crippen molar-refractivity contribution in [3.63, 3.8) is 0 Å². The quantitative estimate of drug-likeness (QED) is 0.918. The van der Waals surface area contributed by atoms with Crippen LogP contribution < -0.4 is 5.32 Å². The van der Waals surface area contributed by atoms with E-state index >= 15 is 0 Å². The maximum Gasteiger partial charge on any atom is 0.134 e. The third kappa shape index (κ3) is 1.95. The van der Waals surface area contributed by atoms with Crippen molar-refractivity contribution in [2.24, 2.45) is 0 Å². The Labute approximate surface area is 111 Å². The number of hydrogen-bond acceptors (Lipinski definition) is 3. The molecule has 102 valence electrons. The molecule has 1 aliphatic rings. The van der Waals surface area contributed by atoms with Crippen molar-refractivity contribution in [3.8, 4) is 0 Å². The lowest BCUT2D eigenvalue weighted by Gasteiger charge is -2.45. The topological polar surface area (TPSA) is 34.4 Å². The van der Waals surface area contributed by atoms with Crippen molar-refractivity contribution in [3.05, 3.63) is 35.8 Å². The number of ether oxygens (including phenoxy) is 1. The van der Waals surface area contributed by atoms with Gasteiger partial charge in [0.2, 0.25) is 0 Å². The summed E-state index contributed by atoms with van der Waals surface area (Å²) in [7, 11) is 3.64. The van der Waals surface area contributed by atoms with Crippen LogP contribution in [0.4, 0.5) is 4.39 Å². The molecule has 1 N–H and O–H groups in total. The highest BCUT2D eigenvalue weighted by Crippen LogP contribution is 2.45. The first-order valence-corrected chi connectivity index (χ1v) is 6.60. The number of furan rings is 1. The molecule has 0 radical (unpaired) electrons. The molecule has 19 heavy (non-hydrogen) atoms. The first kappa shape index (κ1) is 12.6. The Bertz CT molecular complexity index is 583. The molecule has 3 rings (SSSR count). The highest BCUT2D eigenvalue weighted by atomic mass is 19.1. The average molecular weight is 263 g/mol. The van der Waals surface area contributed by atoms with E-state index in [1.54, 1.807) is 13.2 Å². The Morgan fingerprint density at radius 2 is 2.16 bits per heavy atom. The zero-order valence-electron chi connectivity index (χ0n) is 11.2. The summed E-state index contributed by atoms with van der Waals surface area (Å²) in [6.07, 6.45) is 3.20. The van der Waals surface area contributed by atoms with Gasteiger partial charge in [-0.1, -0.05) is 0 Å². The van der Waals surface area contributed by atoms with Crippen molar-refractivity contribution in [2.75, 3.05) is 14.2 Å². The molecule has 1 fully saturated rings. The van der Waals surface area contributed by atoms with E-state index in [9.17, 15) is 4.39 Å². The van der Waals surface area contributed by atoms with Crippen LogP contribution in [0.3, 0.4) is 0 Å². The van der Waals surface area contributed by atoms with Crippen molar-refractivity contribution < 1.29 is 13.5 Å². The number of benzene rings is 1. The van der Waals surface area contributed by atoms with Crippen LogP contribution in [0.15, 0.2) is 28.7 Å². The van der Waals surface area contributed by atoms with Gasteiger partial charge in [0.05, 0.1) is 11.6 Å². The molecule has 4 heteroatoms. The van der Waals surface area contributed by atoms with Crippen LogP contribution >= 0.6 is 0 Å². The Morgan fingerprint density at radius 1 is 1.37 bits per heavy atom. The molecular weight excluding hydrogens is 245 g/mol. The molecule has 2 aromatic rings. The van der Waals surface area contributed by atoms with Gasteiger partial charge in [-0.3, -0.25) is 0 Å². The van der Waals surface area contributed by atoms with Crippen LogP contribution in [0.25, 0.3) is 11.0 Å². The molecule has 1 saturated carbocycles. The molecule has 1 atom stereocenters. The average Bonchev–Trinajstić information content (AvgIpc) is 2.75. The van der Waals surface area contributed by atoms with Gasteiger partial charge in [-0.2, -0.15) is 0 Å². The lowest BCUT2D eigenvalue weighted by Crippen LogP contribution is -2.49. The van der Waals surface area contributed by atoms with Gasteiger partial charge in [-0.25, -0.2) is 4.39 Å². The van der Waals surface area contributed by atoms with E-state index in [-0.39, 0.29) is 17.5 Å². The minimum atomic E-state index is -0.244. The minimum absolute atomic E-state index is 0.00158. The SMILES string of the molecule is CNC(c1cc2cc(F)ccc2o1)C1(OC)CCC1. The maximum atomic E-state index is 13.2. The largest absolute Gasteiger partial charge is 0.459 e. The molecule has 1 heterocycles. The van der Waals surface area contributed by atoms with Gasteiger partial charge in [0.15, 0.2) is 0 Å². The van der Waals surface area contributed by atoms with Crippen LogP contribution in [-0.4, -0.2) is 19.8 Å². The maximum absolute atomic E-state index is 13.2. The molecule has 0 spiro atoms. The second-order valence-corrected chi connectivity index (χ2v) is 5.18. The molecule has 0 aliphatic heterocycles. The van der Waals surface area contributed by atoms with Crippen LogP contribution in [0.1, 0.15) is 31.1 Å². The fraction of sp³-hybridized carbons (Fsp3) is 0.467. The number of halogens is 1. The Morgan fingerprint density at radius 3 is 2.74 bits per heavy atom. The second-order valence-electron chi connectivity index (χ2n) is 5.18. The number of likely N-dealkylation sites (N-methyl/N-ethyl adjacent to an activating group) is 1. The zero-order valence-corrected chi connectivity index (χ0v) is 11.2. The molecule has 1 unspecified atom stereocenters. The lowest BCUT2D eigenvalue weighted by atomic mass is 9.73. The summed E-state index contributed by atoms with van der Waals surface area (Å²) in [5, 5.41) is 4.07. The van der Waals surface area contributed by atoms with Crippen molar-refractivity contribution in [1.29, 1.82) is 0 Å². The van der Waals surface area contributed by atoms with E-state index < -0.39 is 0 Å². The number of hydrogen-bond donors (Lipinski definition) is 1. The van der Waals surface area contributed by atoms with Gasteiger partial charge in [0.25, 0.3) is 0 Å². The standard InChI is InChI=1S/C15H18FNO2/c1-17-14(15(18-2)6-3-7-15)13-9-10-8-11(16)4-5-12(10)19-13/h4-5,8-9,14,17H,3,6-7H2,1-2H3. The van der Waals surface area contributed by atoms with Crippen molar-refractivity contribution in [1.82, 2.24) is 5.32 Å². The summed E-state index contributed by atoms with van der Waals surface area (Å²) in [5.41, 5.74) is 0.517. The first-order valence-electron chi connectivity index (χ1n) is 6.60. The normalized spacial score (nSPS) is 19.3. The van der Waals surface area contributed by atoms with Crippen LogP contribution in [0.2, 0.25) is 0 Å². The van der Waals surface area contributed by atoms with E-state index in [0.29, 0.717) is 5.58 Å². The van der Waals surface area contributed by atoms with Gasteiger partial charge in [0, 0.05) is 12.5 Å². The molecular formula is C15H18FNO2. The van der Waals surface area contributed by atoms with Crippen LogP contribution in [0.5, 0.6) is 0 Å². The Kier molecular flexibility index (Phi) is 3.07. The lowest BCUT2D eigenvalue weighted by molar-refractivity contribution is -0.102. The first-order chi connectivity index (χ1) is 9.18. The summed E-state index contributed by atoms with van der Waals surface area (Å²) in [5.74, 6) is 0.565. The summed E-state index contributed by atoms with van der Waals surface area (Å²) >= 11 is 0. The predicted octanol–water partition coefficient (Wildman–Crippen LogP) is 3.40. The summed E-state index contributed by atoms with van der Waals surface area (Å²) < 4.78 is 24.8. The smallest absolute Gasteiger partial charge is 0.134 e. The van der Waals surface area contributed by atoms with E-state index in [4.69, 9.17) is 9.15 Å². The summed E-state index contributed by atoms with van der Waals surface area (Å²) in [6, 6.07) is 6.48. The number of rotatable bonds is 4. The van der Waals surface area contributed by atoms with Gasteiger partial charge >= 0.3 is 0 Å². The molecule has 0 amide bonds. The number of nitrogens with one attached hydrogen (secondary N) is 1. The van der Waals surface area contributed by atoms with Crippen LogP contribution in [-0.2, 0) is 4.74 Å². The third-order valence-corrected chi connectivity index (χ3v) is 4.20. The number of fused-ring (bicyclic) bond motifs is 1. The van der Waals surface area contributed by atoms with E-state index in [0.717, 1.165) is 24.0 Å². The molecule has 0 bridgehead atoms. The molecule has 3 nitrogen and oxygen atoms in total. The Hall–Kier alpha value is -1.39. The minimum Gasteiger partial charge on any atom is -0.459 e. The molecule has 1 aromatic heterocycles. The van der Waals surface area contributed by atoms with Gasteiger partial charge < -0.3 is 14.5 Å². The number of methoxy groups -OCH3 is 1. The van der Waals surface area contributed by atoms with Crippen LogP contribution in [0, 0.1) is 5.82 Å².